The molecule has 2 aromatic rings. The van der Waals surface area contributed by atoms with Gasteiger partial charge in [-0.3, -0.25) is 0 Å². The maximum absolute atomic E-state index is 12.9. The largest absolute Gasteiger partial charge is 0.367 e. The molecule has 0 unspecified atom stereocenters. The van der Waals surface area contributed by atoms with Crippen LogP contribution in [0.4, 0.5) is 10.1 Å². The summed E-state index contributed by atoms with van der Waals surface area (Å²) in [5.74, 6) is -0.225. The monoisotopic (exact) mass is 363 g/mol. The third-order valence-electron chi connectivity index (χ3n) is 4.12. The van der Waals surface area contributed by atoms with Crippen molar-refractivity contribution in [3.05, 3.63) is 64.9 Å². The molecule has 1 fully saturated rings. The standard InChI is InChI=1S/C18H19ClFN3S/c19-16-3-1-2-4-17(16)22-9-11-23(12-10-22)18(24)21-13-14-5-7-15(20)8-6-14/h1-8H,9-13H2,(H,21,24). The minimum atomic E-state index is -0.225. The van der Waals surface area contributed by atoms with E-state index in [-0.39, 0.29) is 5.82 Å². The molecule has 24 heavy (non-hydrogen) atoms. The summed E-state index contributed by atoms with van der Waals surface area (Å²) in [5, 5.41) is 4.76. The third kappa shape index (κ3) is 4.16. The number of thiocarbonyl (C=S) groups is 1. The second-order valence-corrected chi connectivity index (χ2v) is 6.50. The van der Waals surface area contributed by atoms with Gasteiger partial charge in [-0.25, -0.2) is 4.39 Å². The molecule has 3 rings (SSSR count). The van der Waals surface area contributed by atoms with Crippen molar-refractivity contribution < 1.29 is 4.39 Å². The number of halogens is 2. The molecule has 0 amide bonds. The van der Waals surface area contributed by atoms with E-state index in [2.05, 4.69) is 15.1 Å². The number of piperazine rings is 1. The number of rotatable bonds is 3. The van der Waals surface area contributed by atoms with E-state index in [1.54, 1.807) is 12.1 Å². The molecule has 2 aromatic carbocycles. The van der Waals surface area contributed by atoms with Gasteiger partial charge in [0.05, 0.1) is 10.7 Å². The van der Waals surface area contributed by atoms with Crippen molar-refractivity contribution in [2.75, 3.05) is 31.1 Å². The predicted molar refractivity (Wildman–Crippen MR) is 101 cm³/mol. The summed E-state index contributed by atoms with van der Waals surface area (Å²) in [4.78, 5) is 4.44. The first kappa shape index (κ1) is 17.0. The van der Waals surface area contributed by atoms with E-state index in [0.29, 0.717) is 6.54 Å². The Kier molecular flexibility index (Phi) is 5.53. The van der Waals surface area contributed by atoms with E-state index in [1.165, 1.54) is 12.1 Å². The van der Waals surface area contributed by atoms with Gasteiger partial charge in [0.25, 0.3) is 0 Å². The molecule has 6 heteroatoms. The maximum atomic E-state index is 12.9. The molecule has 1 aliphatic rings. The highest BCUT2D eigenvalue weighted by molar-refractivity contribution is 7.80. The van der Waals surface area contributed by atoms with Gasteiger partial charge in [-0.15, -0.1) is 0 Å². The Morgan fingerprint density at radius 2 is 1.71 bits per heavy atom. The van der Waals surface area contributed by atoms with Crippen LogP contribution in [0, 0.1) is 5.82 Å². The molecule has 0 atom stereocenters. The Morgan fingerprint density at radius 1 is 1.04 bits per heavy atom. The van der Waals surface area contributed by atoms with Crippen molar-refractivity contribution in [2.24, 2.45) is 0 Å². The van der Waals surface area contributed by atoms with Crippen LogP contribution < -0.4 is 10.2 Å². The molecule has 0 aliphatic carbocycles. The molecule has 1 heterocycles. The Morgan fingerprint density at radius 3 is 2.38 bits per heavy atom. The van der Waals surface area contributed by atoms with Crippen LogP contribution in [0.5, 0.6) is 0 Å². The zero-order valence-electron chi connectivity index (χ0n) is 13.2. The summed E-state index contributed by atoms with van der Waals surface area (Å²) < 4.78 is 12.9. The van der Waals surface area contributed by atoms with Crippen molar-refractivity contribution in [3.63, 3.8) is 0 Å². The van der Waals surface area contributed by atoms with Gasteiger partial charge in [0, 0.05) is 32.7 Å². The number of hydrogen-bond acceptors (Lipinski definition) is 2. The van der Waals surface area contributed by atoms with Crippen LogP contribution in [0.15, 0.2) is 48.5 Å². The molecular weight excluding hydrogens is 345 g/mol. The van der Waals surface area contributed by atoms with Crippen LogP contribution in [-0.2, 0) is 6.54 Å². The first-order valence-corrected chi connectivity index (χ1v) is 8.69. The molecule has 0 radical (unpaired) electrons. The third-order valence-corrected chi connectivity index (χ3v) is 4.84. The van der Waals surface area contributed by atoms with Crippen LogP contribution in [0.3, 0.4) is 0 Å². The van der Waals surface area contributed by atoms with Gasteiger partial charge in [0.1, 0.15) is 5.82 Å². The average molecular weight is 364 g/mol. The summed E-state index contributed by atoms with van der Waals surface area (Å²) in [6.45, 7) is 4.05. The Hall–Kier alpha value is -1.85. The number of hydrogen-bond donors (Lipinski definition) is 1. The minimum absolute atomic E-state index is 0.225. The maximum Gasteiger partial charge on any atom is 0.169 e. The molecule has 1 N–H and O–H groups in total. The van der Waals surface area contributed by atoms with Crippen LogP contribution in [0.1, 0.15) is 5.56 Å². The zero-order chi connectivity index (χ0) is 16.9. The number of nitrogens with one attached hydrogen (secondary N) is 1. The topological polar surface area (TPSA) is 18.5 Å². The van der Waals surface area contributed by atoms with Gasteiger partial charge < -0.3 is 15.1 Å². The fraction of sp³-hybridized carbons (Fsp3) is 0.278. The van der Waals surface area contributed by atoms with Crippen molar-refractivity contribution >= 4 is 34.6 Å². The molecule has 1 saturated heterocycles. The minimum Gasteiger partial charge on any atom is -0.367 e. The highest BCUT2D eigenvalue weighted by Gasteiger charge is 2.20. The molecule has 126 valence electrons. The van der Waals surface area contributed by atoms with Gasteiger partial charge in [0.15, 0.2) is 5.11 Å². The molecule has 3 nitrogen and oxygen atoms in total. The second kappa shape index (κ2) is 7.81. The first-order chi connectivity index (χ1) is 11.6. The van der Waals surface area contributed by atoms with E-state index in [1.807, 2.05) is 24.3 Å². The molecule has 0 saturated carbocycles. The van der Waals surface area contributed by atoms with Crippen molar-refractivity contribution in [2.45, 2.75) is 6.54 Å². The highest BCUT2D eigenvalue weighted by atomic mass is 35.5. The lowest BCUT2D eigenvalue weighted by Gasteiger charge is -2.37. The van der Waals surface area contributed by atoms with Crippen LogP contribution in [0.2, 0.25) is 5.02 Å². The van der Waals surface area contributed by atoms with Gasteiger partial charge in [-0.1, -0.05) is 35.9 Å². The molecule has 0 aromatic heterocycles. The summed E-state index contributed by atoms with van der Waals surface area (Å²) in [6.07, 6.45) is 0. The van der Waals surface area contributed by atoms with Crippen LogP contribution in [0.25, 0.3) is 0 Å². The smallest absolute Gasteiger partial charge is 0.169 e. The Bertz CT molecular complexity index is 700. The predicted octanol–water partition coefficient (Wildman–Crippen LogP) is 3.68. The number of nitrogens with zero attached hydrogens (tertiary/aromatic N) is 2. The summed E-state index contributed by atoms with van der Waals surface area (Å²) in [5.41, 5.74) is 2.08. The van der Waals surface area contributed by atoms with E-state index >= 15 is 0 Å². The fourth-order valence-electron chi connectivity index (χ4n) is 2.75. The van der Waals surface area contributed by atoms with E-state index in [9.17, 15) is 4.39 Å². The molecule has 1 aliphatic heterocycles. The van der Waals surface area contributed by atoms with Gasteiger partial charge in [-0.05, 0) is 42.0 Å². The van der Waals surface area contributed by atoms with Gasteiger partial charge in [-0.2, -0.15) is 0 Å². The van der Waals surface area contributed by atoms with Crippen LogP contribution >= 0.6 is 23.8 Å². The fourth-order valence-corrected chi connectivity index (χ4v) is 3.26. The zero-order valence-corrected chi connectivity index (χ0v) is 14.8. The lowest BCUT2D eigenvalue weighted by Crippen LogP contribution is -2.51. The van der Waals surface area contributed by atoms with E-state index in [0.717, 1.165) is 47.6 Å². The molecule has 0 spiro atoms. The van der Waals surface area contributed by atoms with Crippen molar-refractivity contribution in [1.82, 2.24) is 10.2 Å². The van der Waals surface area contributed by atoms with Crippen molar-refractivity contribution in [3.8, 4) is 0 Å². The van der Waals surface area contributed by atoms with Gasteiger partial charge in [0.2, 0.25) is 0 Å². The first-order valence-electron chi connectivity index (χ1n) is 7.90. The Balaban J connectivity index is 1.50. The summed E-state index contributed by atoms with van der Waals surface area (Å²) >= 11 is 11.7. The number of anilines is 1. The normalized spacial score (nSPS) is 14.6. The molecular formula is C18H19ClFN3S. The molecule has 0 bridgehead atoms. The van der Waals surface area contributed by atoms with Crippen molar-refractivity contribution in [1.29, 1.82) is 0 Å². The number of benzene rings is 2. The quantitative estimate of drug-likeness (QED) is 0.838. The summed E-state index contributed by atoms with van der Waals surface area (Å²) in [7, 11) is 0. The number of para-hydroxylation sites is 1. The highest BCUT2D eigenvalue weighted by Crippen LogP contribution is 2.26. The van der Waals surface area contributed by atoms with E-state index in [4.69, 9.17) is 23.8 Å². The van der Waals surface area contributed by atoms with Crippen LogP contribution in [-0.4, -0.2) is 36.2 Å². The lowest BCUT2D eigenvalue weighted by atomic mass is 10.2. The second-order valence-electron chi connectivity index (χ2n) is 5.71. The van der Waals surface area contributed by atoms with E-state index < -0.39 is 0 Å². The Labute approximate surface area is 152 Å². The van der Waals surface area contributed by atoms with Gasteiger partial charge >= 0.3 is 0 Å². The lowest BCUT2D eigenvalue weighted by molar-refractivity contribution is 0.380. The average Bonchev–Trinajstić information content (AvgIpc) is 2.61. The summed E-state index contributed by atoms with van der Waals surface area (Å²) in [6, 6.07) is 14.4. The SMILES string of the molecule is Fc1ccc(CNC(=S)N2CCN(c3ccccc3Cl)CC2)cc1.